The van der Waals surface area contributed by atoms with Gasteiger partial charge in [0.2, 0.25) is 10.0 Å². The molecule has 0 unspecified atom stereocenters. The van der Waals surface area contributed by atoms with Crippen LogP contribution in [0.25, 0.3) is 0 Å². The van der Waals surface area contributed by atoms with Crippen LogP contribution in [0, 0.1) is 0 Å². The molecule has 2 aromatic carbocycles. The number of anilines is 2. The van der Waals surface area contributed by atoms with Gasteiger partial charge < -0.3 is 10.6 Å². The van der Waals surface area contributed by atoms with E-state index in [1.54, 1.807) is 4.90 Å². The largest absolute Gasteiger partial charge is 0.383 e. The second-order valence-electron chi connectivity index (χ2n) is 7.49. The summed E-state index contributed by atoms with van der Waals surface area (Å²) in [5.74, 6) is 0.0645. The van der Waals surface area contributed by atoms with Crippen LogP contribution in [0.15, 0.2) is 70.3 Å². The number of aromatic amines is 1. The lowest BCUT2D eigenvalue weighted by Gasteiger charge is -2.26. The maximum Gasteiger partial charge on any atom is 0.330 e. The van der Waals surface area contributed by atoms with Crippen LogP contribution in [0.2, 0.25) is 0 Å². The van der Waals surface area contributed by atoms with Crippen molar-refractivity contribution in [3.8, 4) is 0 Å². The highest BCUT2D eigenvalue weighted by atomic mass is 32.2. The molecule has 0 radical (unpaired) electrons. The van der Waals surface area contributed by atoms with Gasteiger partial charge in [0.15, 0.2) is 0 Å². The van der Waals surface area contributed by atoms with Crippen LogP contribution in [-0.4, -0.2) is 37.3 Å². The minimum absolute atomic E-state index is 0.0645. The second kappa shape index (κ2) is 10.3. The Morgan fingerprint density at radius 3 is 2.19 bits per heavy atom. The lowest BCUT2D eigenvalue weighted by molar-refractivity contribution is 0.583. The third-order valence-electron chi connectivity index (χ3n) is 4.90. The summed E-state index contributed by atoms with van der Waals surface area (Å²) in [5.41, 5.74) is 7.18. The summed E-state index contributed by atoms with van der Waals surface area (Å²) in [7, 11) is -3.32. The molecule has 0 fully saturated rings. The zero-order chi connectivity index (χ0) is 23.1. The summed E-state index contributed by atoms with van der Waals surface area (Å²) in [6.45, 7) is 1.15. The van der Waals surface area contributed by atoms with Gasteiger partial charge in [0.1, 0.15) is 11.5 Å². The molecule has 0 amide bonds. The maximum absolute atomic E-state index is 12.8. The number of nitrogens with two attached hydrogens (primary N) is 1. The molecule has 0 saturated heterocycles. The van der Waals surface area contributed by atoms with Crippen LogP contribution >= 0.6 is 0 Å². The molecule has 0 bridgehead atoms. The van der Waals surface area contributed by atoms with Gasteiger partial charge >= 0.3 is 5.69 Å². The summed E-state index contributed by atoms with van der Waals surface area (Å²) in [6, 6.07) is 18.9. The highest BCUT2D eigenvalue weighted by molar-refractivity contribution is 7.88. The highest BCUT2D eigenvalue weighted by Crippen LogP contribution is 2.20. The lowest BCUT2D eigenvalue weighted by Crippen LogP contribution is -2.39. The van der Waals surface area contributed by atoms with E-state index in [1.165, 1.54) is 4.57 Å². The predicted molar refractivity (Wildman–Crippen MR) is 126 cm³/mol. The number of H-pyrrole nitrogens is 1. The fourth-order valence-corrected chi connectivity index (χ4v) is 3.92. The van der Waals surface area contributed by atoms with Crippen molar-refractivity contribution in [2.24, 2.45) is 0 Å². The molecule has 0 saturated carbocycles. The number of benzene rings is 2. The third kappa shape index (κ3) is 6.32. The van der Waals surface area contributed by atoms with E-state index in [-0.39, 0.29) is 24.6 Å². The van der Waals surface area contributed by atoms with Crippen LogP contribution < -0.4 is 26.6 Å². The summed E-state index contributed by atoms with van der Waals surface area (Å²) in [6.07, 6.45) is 1.54. The number of sulfonamides is 1. The molecule has 10 heteroatoms. The summed E-state index contributed by atoms with van der Waals surface area (Å²) >= 11 is 0. The Bertz CT molecular complexity index is 1250. The number of nitrogen functional groups attached to an aromatic ring is 1. The molecule has 0 aliphatic carbocycles. The maximum atomic E-state index is 12.8. The van der Waals surface area contributed by atoms with E-state index in [1.807, 2.05) is 60.7 Å². The molecule has 3 aromatic rings. The van der Waals surface area contributed by atoms with Gasteiger partial charge in [-0.05, 0) is 17.5 Å². The molecule has 0 spiro atoms. The van der Waals surface area contributed by atoms with Crippen molar-refractivity contribution in [2.45, 2.75) is 19.5 Å². The second-order valence-corrected chi connectivity index (χ2v) is 9.33. The number of nitrogens with one attached hydrogen (secondary N) is 2. The molecule has 9 nitrogen and oxygen atoms in total. The minimum Gasteiger partial charge on any atom is -0.383 e. The van der Waals surface area contributed by atoms with Gasteiger partial charge in [0.05, 0.1) is 12.8 Å². The summed E-state index contributed by atoms with van der Waals surface area (Å²) in [5, 5.41) is 0. The zero-order valence-electron chi connectivity index (χ0n) is 17.8. The molecule has 1 heterocycles. The predicted octanol–water partition coefficient (Wildman–Crippen LogP) is 1.11. The Balaban J connectivity index is 1.95. The van der Waals surface area contributed by atoms with Gasteiger partial charge in [-0.25, -0.2) is 17.9 Å². The molecular weight excluding hydrogens is 430 g/mol. The van der Waals surface area contributed by atoms with Crippen molar-refractivity contribution < 1.29 is 8.42 Å². The SMILES string of the molecule is CS(=O)(=O)NCCCN(Cc1ccccc1)c1c(N)n(Cc2ccccc2)c(=O)[nH]c1=O. The average molecular weight is 458 g/mol. The fourth-order valence-electron chi connectivity index (χ4n) is 3.41. The molecule has 0 aliphatic heterocycles. The normalized spacial score (nSPS) is 11.4. The number of hydrogen-bond donors (Lipinski definition) is 3. The number of aromatic nitrogens is 2. The van der Waals surface area contributed by atoms with Crippen LogP contribution in [-0.2, 0) is 23.1 Å². The molecule has 1 aromatic heterocycles. The van der Waals surface area contributed by atoms with Gasteiger partial charge in [-0.15, -0.1) is 0 Å². The van der Waals surface area contributed by atoms with Crippen molar-refractivity contribution in [1.82, 2.24) is 14.3 Å². The topological polar surface area (TPSA) is 130 Å². The first-order chi connectivity index (χ1) is 15.2. The molecule has 32 heavy (non-hydrogen) atoms. The summed E-state index contributed by atoms with van der Waals surface area (Å²) in [4.78, 5) is 29.4. The van der Waals surface area contributed by atoms with Gasteiger partial charge in [-0.3, -0.25) is 14.3 Å². The molecule has 0 aliphatic rings. The van der Waals surface area contributed by atoms with Crippen LogP contribution in [0.3, 0.4) is 0 Å². The fraction of sp³-hybridized carbons (Fsp3) is 0.273. The van der Waals surface area contributed by atoms with Gasteiger partial charge in [-0.2, -0.15) is 0 Å². The van der Waals surface area contributed by atoms with E-state index in [0.29, 0.717) is 19.5 Å². The average Bonchev–Trinajstić information content (AvgIpc) is 2.74. The molecule has 4 N–H and O–H groups in total. The Labute approximate surface area is 186 Å². The van der Waals surface area contributed by atoms with E-state index < -0.39 is 21.3 Å². The van der Waals surface area contributed by atoms with E-state index in [2.05, 4.69) is 9.71 Å². The summed E-state index contributed by atoms with van der Waals surface area (Å²) < 4.78 is 26.5. The first kappa shape index (κ1) is 23.3. The molecule has 0 atom stereocenters. The van der Waals surface area contributed by atoms with Crippen molar-refractivity contribution in [1.29, 1.82) is 0 Å². The molecule has 3 rings (SSSR count). The van der Waals surface area contributed by atoms with E-state index >= 15 is 0 Å². The molecule has 170 valence electrons. The van der Waals surface area contributed by atoms with E-state index in [4.69, 9.17) is 5.73 Å². The standard InChI is InChI=1S/C22H27N5O4S/c1-32(30,31)24-13-8-14-26(15-17-9-4-2-5-10-17)19-20(23)27(22(29)25-21(19)28)16-18-11-6-3-7-12-18/h2-7,9-12,24H,8,13-16,23H2,1H3,(H,25,28,29). The zero-order valence-corrected chi connectivity index (χ0v) is 18.6. The highest BCUT2D eigenvalue weighted by Gasteiger charge is 2.19. The monoisotopic (exact) mass is 457 g/mol. The first-order valence-electron chi connectivity index (χ1n) is 10.1. The van der Waals surface area contributed by atoms with Gasteiger partial charge in [-0.1, -0.05) is 60.7 Å². The van der Waals surface area contributed by atoms with Crippen LogP contribution in [0.1, 0.15) is 17.5 Å². The smallest absolute Gasteiger partial charge is 0.330 e. The quantitative estimate of drug-likeness (QED) is 0.391. The van der Waals surface area contributed by atoms with Crippen LogP contribution in [0.4, 0.5) is 11.5 Å². The first-order valence-corrected chi connectivity index (χ1v) is 12.0. The van der Waals surface area contributed by atoms with Crippen molar-refractivity contribution in [3.63, 3.8) is 0 Å². The van der Waals surface area contributed by atoms with Crippen molar-refractivity contribution in [3.05, 3.63) is 92.6 Å². The van der Waals surface area contributed by atoms with Gasteiger partial charge in [0, 0.05) is 19.6 Å². The lowest BCUT2D eigenvalue weighted by atomic mass is 10.2. The Morgan fingerprint density at radius 1 is 1.00 bits per heavy atom. The Morgan fingerprint density at radius 2 is 1.59 bits per heavy atom. The van der Waals surface area contributed by atoms with Crippen molar-refractivity contribution in [2.75, 3.05) is 30.0 Å². The minimum atomic E-state index is -3.32. The van der Waals surface area contributed by atoms with E-state index in [9.17, 15) is 18.0 Å². The van der Waals surface area contributed by atoms with E-state index in [0.717, 1.165) is 17.4 Å². The third-order valence-corrected chi connectivity index (χ3v) is 5.63. The number of nitrogens with zero attached hydrogens (tertiary/aromatic N) is 2. The van der Waals surface area contributed by atoms with Crippen molar-refractivity contribution >= 4 is 21.5 Å². The Hall–Kier alpha value is -3.37. The number of hydrogen-bond acceptors (Lipinski definition) is 6. The number of rotatable bonds is 10. The molecular formula is C22H27N5O4S. The van der Waals surface area contributed by atoms with Crippen LogP contribution in [0.5, 0.6) is 0 Å². The Kier molecular flexibility index (Phi) is 7.49. The van der Waals surface area contributed by atoms with Gasteiger partial charge in [0.25, 0.3) is 5.56 Å².